The third-order valence-corrected chi connectivity index (χ3v) is 14.1. The van der Waals surface area contributed by atoms with Crippen molar-refractivity contribution in [1.29, 1.82) is 0 Å². The van der Waals surface area contributed by atoms with E-state index < -0.39 is 0 Å². The van der Waals surface area contributed by atoms with Gasteiger partial charge in [0.25, 0.3) is 0 Å². The Morgan fingerprint density at radius 2 is 1.20 bits per heavy atom. The van der Waals surface area contributed by atoms with Crippen LogP contribution < -0.4 is 20.9 Å². The summed E-state index contributed by atoms with van der Waals surface area (Å²) in [5.41, 5.74) is 17.6. The van der Waals surface area contributed by atoms with Crippen LogP contribution in [-0.4, -0.2) is 12.8 Å². The van der Waals surface area contributed by atoms with Gasteiger partial charge in [0.1, 0.15) is 40.0 Å². The van der Waals surface area contributed by atoms with Crippen LogP contribution in [0.15, 0.2) is 188 Å². The molecule has 66 heavy (non-hydrogen) atoms. The topological polar surface area (TPSA) is 55.1 Å². The summed E-state index contributed by atoms with van der Waals surface area (Å²) in [6, 6.07) is 49.7. The van der Waals surface area contributed by atoms with E-state index in [0.29, 0.717) is 0 Å². The lowest BCUT2D eigenvalue weighted by Gasteiger charge is -2.42. The minimum atomic E-state index is -0.304. The van der Waals surface area contributed by atoms with Crippen molar-refractivity contribution < 1.29 is 18.0 Å². The molecular weight excluding hydrogens is 811 g/mol. The van der Waals surface area contributed by atoms with Crippen LogP contribution in [0.1, 0.15) is 52.7 Å². The highest BCUT2D eigenvalue weighted by atomic mass is 16.5. The number of hydrogen-bond acceptors (Lipinski definition) is 6. The molecule has 6 aromatic carbocycles. The lowest BCUT2D eigenvalue weighted by atomic mass is 9.37. The molecule has 9 aromatic rings. The molecular formula is C59H49BN2O4. The van der Waals surface area contributed by atoms with Crippen molar-refractivity contribution in [2.45, 2.75) is 60.0 Å². The standard InChI is InChI=1S/C59H49BN2O4/c1-34-26-45-53-46(27-34)62(42-19-13-17-36(29-42)52-31-38-15-9-11-21-48(38)64-52)55-44-33-40(59(5,6)7)23-25-50(44)66-57(55)60(53)56-54(43-32-39(58(2,3)4)22-24-49(43)65-56)61(45)41-18-12-16-35(28-41)51-30-37-14-8-10-20-47(37)63-51/h8-33,43,49H,1-7H3. The van der Waals surface area contributed by atoms with Crippen LogP contribution in [-0.2, 0) is 10.2 Å². The Labute approximate surface area is 385 Å². The Hall–Kier alpha value is -7.38. The zero-order chi connectivity index (χ0) is 44.8. The van der Waals surface area contributed by atoms with Gasteiger partial charge in [0.05, 0.1) is 23.0 Å². The van der Waals surface area contributed by atoms with Gasteiger partial charge in [-0.3, -0.25) is 0 Å². The average Bonchev–Trinajstić information content (AvgIpc) is 4.11. The zero-order valence-corrected chi connectivity index (χ0v) is 38.3. The smallest absolute Gasteiger partial charge is 0.340 e. The lowest BCUT2D eigenvalue weighted by Crippen LogP contribution is -2.55. The van der Waals surface area contributed by atoms with Gasteiger partial charge in [0.2, 0.25) is 0 Å². The summed E-state index contributed by atoms with van der Waals surface area (Å²) >= 11 is 0. The highest BCUT2D eigenvalue weighted by Crippen LogP contribution is 2.53. The number of ether oxygens (including phenoxy) is 1. The molecule has 1 aliphatic carbocycles. The summed E-state index contributed by atoms with van der Waals surface area (Å²) in [6.45, 7) is 15.6. The van der Waals surface area contributed by atoms with Crippen LogP contribution >= 0.6 is 0 Å². The SMILES string of the molecule is Cc1cc2c3c(c1)N(c1cccc(-c4cc5ccccc5o4)c1)c1c(oc4ccc(C(C)(C)C)cc14)B3C1=C(C3C=C(C(C)(C)C)C=CC3O1)N2c1cccc(-c2cc3ccccc3o2)c1. The van der Waals surface area contributed by atoms with Crippen LogP contribution in [0.2, 0.25) is 0 Å². The minimum Gasteiger partial charge on any atom is -0.497 e. The first-order valence-electron chi connectivity index (χ1n) is 23.2. The van der Waals surface area contributed by atoms with Crippen molar-refractivity contribution in [1.82, 2.24) is 0 Å². The van der Waals surface area contributed by atoms with E-state index in [0.717, 1.165) is 112 Å². The summed E-state index contributed by atoms with van der Waals surface area (Å²) in [6.07, 6.45) is 6.82. The van der Waals surface area contributed by atoms with Crippen molar-refractivity contribution >= 4 is 79.2 Å². The van der Waals surface area contributed by atoms with E-state index in [4.69, 9.17) is 18.0 Å². The number of furan rings is 3. The second kappa shape index (κ2) is 13.8. The van der Waals surface area contributed by atoms with Gasteiger partial charge in [0.15, 0.2) is 0 Å². The number of nitrogens with zero attached hydrogens (tertiary/aromatic N) is 2. The monoisotopic (exact) mass is 860 g/mol. The second-order valence-corrected chi connectivity index (χ2v) is 20.6. The van der Waals surface area contributed by atoms with E-state index in [1.54, 1.807) is 0 Å². The van der Waals surface area contributed by atoms with E-state index in [2.05, 4.69) is 192 Å². The molecule has 0 N–H and O–H groups in total. The van der Waals surface area contributed by atoms with Crippen LogP contribution in [0.5, 0.6) is 0 Å². The lowest BCUT2D eigenvalue weighted by molar-refractivity contribution is 0.179. The van der Waals surface area contributed by atoms with E-state index >= 15 is 0 Å². The molecule has 13 rings (SSSR count). The van der Waals surface area contributed by atoms with E-state index in [1.807, 2.05) is 24.3 Å². The van der Waals surface area contributed by atoms with E-state index in [9.17, 15) is 0 Å². The number of para-hydroxylation sites is 2. The van der Waals surface area contributed by atoms with Crippen LogP contribution in [0.3, 0.4) is 0 Å². The number of rotatable bonds is 4. The molecule has 0 amide bonds. The van der Waals surface area contributed by atoms with Crippen molar-refractivity contribution in [3.8, 4) is 22.6 Å². The highest BCUT2D eigenvalue weighted by molar-refractivity contribution is 6.94. The van der Waals surface area contributed by atoms with Crippen LogP contribution in [0, 0.1) is 18.3 Å². The van der Waals surface area contributed by atoms with Gasteiger partial charge in [-0.15, -0.1) is 0 Å². The van der Waals surface area contributed by atoms with Gasteiger partial charge in [-0.25, -0.2) is 0 Å². The van der Waals surface area contributed by atoms with Crippen LogP contribution in [0.4, 0.5) is 28.4 Å². The molecule has 0 bridgehead atoms. The largest absolute Gasteiger partial charge is 0.497 e. The molecule has 0 saturated carbocycles. The fourth-order valence-corrected chi connectivity index (χ4v) is 10.8. The Morgan fingerprint density at radius 1 is 0.576 bits per heavy atom. The molecule has 6 heterocycles. The predicted octanol–water partition coefficient (Wildman–Crippen LogP) is 14.7. The van der Waals surface area contributed by atoms with Crippen molar-refractivity contribution in [3.05, 3.63) is 186 Å². The number of aryl methyl sites for hydroxylation is 1. The number of anilines is 5. The highest BCUT2D eigenvalue weighted by Gasteiger charge is 2.54. The first-order chi connectivity index (χ1) is 31.9. The van der Waals surface area contributed by atoms with Gasteiger partial charge in [-0.05, 0) is 119 Å². The number of hydrogen-bond donors (Lipinski definition) is 0. The fraction of sp³-hybridized carbons (Fsp3) is 0.186. The van der Waals surface area contributed by atoms with Crippen molar-refractivity contribution in [2.24, 2.45) is 11.3 Å². The average molecular weight is 861 g/mol. The molecule has 0 radical (unpaired) electrons. The molecule has 0 spiro atoms. The molecule has 2 unspecified atom stereocenters. The quantitative estimate of drug-likeness (QED) is 0.164. The maximum absolute atomic E-state index is 7.39. The number of benzene rings is 6. The normalized spacial score (nSPS) is 17.6. The van der Waals surface area contributed by atoms with Gasteiger partial charge in [0, 0.05) is 50.0 Å². The third kappa shape index (κ3) is 5.88. The molecule has 4 aliphatic rings. The molecule has 3 aliphatic heterocycles. The van der Waals surface area contributed by atoms with Gasteiger partial charge in [-0.2, -0.15) is 0 Å². The molecule has 3 aromatic heterocycles. The molecule has 0 fully saturated rings. The maximum atomic E-state index is 7.39. The van der Waals surface area contributed by atoms with Crippen molar-refractivity contribution in [3.63, 3.8) is 0 Å². The first-order valence-corrected chi connectivity index (χ1v) is 23.2. The van der Waals surface area contributed by atoms with Gasteiger partial charge < -0.3 is 27.8 Å². The van der Waals surface area contributed by atoms with Gasteiger partial charge in [-0.1, -0.05) is 120 Å². The van der Waals surface area contributed by atoms with Crippen LogP contribution in [0.25, 0.3) is 55.6 Å². The van der Waals surface area contributed by atoms with Crippen molar-refractivity contribution in [2.75, 3.05) is 9.80 Å². The Kier molecular flexibility index (Phi) is 8.17. The summed E-state index contributed by atoms with van der Waals surface area (Å²) in [7, 11) is 0. The zero-order valence-electron chi connectivity index (χ0n) is 38.3. The van der Waals surface area contributed by atoms with E-state index in [1.165, 1.54) is 11.1 Å². The molecule has 7 heteroatoms. The fourth-order valence-electron chi connectivity index (χ4n) is 10.8. The summed E-state index contributed by atoms with van der Waals surface area (Å²) < 4.78 is 27.7. The Balaban J connectivity index is 1.09. The molecule has 0 saturated heterocycles. The summed E-state index contributed by atoms with van der Waals surface area (Å²) in [5.74, 6) is 1.63. The minimum absolute atomic E-state index is 0.0370. The van der Waals surface area contributed by atoms with E-state index in [-0.39, 0.29) is 29.6 Å². The number of fused-ring (bicyclic) bond motifs is 9. The third-order valence-electron chi connectivity index (χ3n) is 14.1. The second-order valence-electron chi connectivity index (χ2n) is 20.6. The first kappa shape index (κ1) is 39.0. The summed E-state index contributed by atoms with van der Waals surface area (Å²) in [5, 5.41) is 3.24. The molecule has 2 atom stereocenters. The Bertz CT molecular complexity index is 3540. The van der Waals surface area contributed by atoms with Gasteiger partial charge >= 0.3 is 6.71 Å². The molecule has 6 nitrogen and oxygen atoms in total. The number of allylic oxidation sites excluding steroid dienone is 2. The summed E-state index contributed by atoms with van der Waals surface area (Å²) in [4.78, 5) is 4.93. The Morgan fingerprint density at radius 3 is 1.82 bits per heavy atom. The maximum Gasteiger partial charge on any atom is 0.340 e. The predicted molar refractivity (Wildman–Crippen MR) is 270 cm³/mol. The molecule has 322 valence electrons.